The summed E-state index contributed by atoms with van der Waals surface area (Å²) in [7, 11) is 1.90. The number of hydrogen-bond acceptors (Lipinski definition) is 3. The first-order valence-corrected chi connectivity index (χ1v) is 9.21. The number of amides is 1. The standard InChI is InChI=1S/C19H17ClFN3OS/c1-12(18(25)23-16-9-8-14(20)10-15(16)21)26-19-22-11-17(24(19)2)13-6-4-3-5-7-13/h3-12H,1-2H3,(H,23,25)/t12-/m1/s1. The topological polar surface area (TPSA) is 46.9 Å². The lowest BCUT2D eigenvalue weighted by atomic mass is 10.2. The summed E-state index contributed by atoms with van der Waals surface area (Å²) in [6.07, 6.45) is 1.78. The van der Waals surface area contributed by atoms with Crippen molar-refractivity contribution in [3.8, 4) is 11.3 Å². The van der Waals surface area contributed by atoms with Crippen LogP contribution in [0.4, 0.5) is 10.1 Å². The van der Waals surface area contributed by atoms with Crippen LogP contribution in [-0.4, -0.2) is 20.7 Å². The van der Waals surface area contributed by atoms with Crippen molar-refractivity contribution < 1.29 is 9.18 Å². The van der Waals surface area contributed by atoms with Crippen molar-refractivity contribution in [3.63, 3.8) is 0 Å². The molecule has 2 aromatic carbocycles. The Bertz CT molecular complexity index is 930. The number of imidazole rings is 1. The van der Waals surface area contributed by atoms with E-state index in [0.717, 1.165) is 11.3 Å². The Morgan fingerprint density at radius 3 is 2.69 bits per heavy atom. The molecule has 0 bridgehead atoms. The van der Waals surface area contributed by atoms with Crippen LogP contribution in [0.3, 0.4) is 0 Å². The molecule has 3 rings (SSSR count). The highest BCUT2D eigenvalue weighted by atomic mass is 35.5. The predicted octanol–water partition coefficient (Wildman–Crippen LogP) is 5.00. The van der Waals surface area contributed by atoms with Crippen molar-refractivity contribution in [2.75, 3.05) is 5.32 Å². The fourth-order valence-electron chi connectivity index (χ4n) is 2.42. The number of benzene rings is 2. The molecule has 3 aromatic rings. The maximum absolute atomic E-state index is 13.8. The highest BCUT2D eigenvalue weighted by molar-refractivity contribution is 8.00. The van der Waals surface area contributed by atoms with E-state index in [1.807, 2.05) is 41.9 Å². The van der Waals surface area contributed by atoms with Crippen LogP contribution in [0.5, 0.6) is 0 Å². The summed E-state index contributed by atoms with van der Waals surface area (Å²) in [5, 5.41) is 3.13. The molecule has 7 heteroatoms. The van der Waals surface area contributed by atoms with Gasteiger partial charge in [-0.15, -0.1) is 0 Å². The minimum absolute atomic E-state index is 0.108. The number of rotatable bonds is 5. The third-order valence-electron chi connectivity index (χ3n) is 3.86. The molecule has 1 aromatic heterocycles. The van der Waals surface area contributed by atoms with Gasteiger partial charge in [0, 0.05) is 12.1 Å². The summed E-state index contributed by atoms with van der Waals surface area (Å²) in [4.78, 5) is 16.8. The van der Waals surface area contributed by atoms with E-state index in [-0.39, 0.29) is 16.6 Å². The molecule has 0 saturated heterocycles. The van der Waals surface area contributed by atoms with Crippen molar-refractivity contribution in [1.82, 2.24) is 9.55 Å². The van der Waals surface area contributed by atoms with Crippen molar-refractivity contribution in [3.05, 3.63) is 65.6 Å². The third-order valence-corrected chi connectivity index (χ3v) is 5.25. The molecule has 0 aliphatic carbocycles. The first kappa shape index (κ1) is 18.5. The van der Waals surface area contributed by atoms with Gasteiger partial charge in [0.1, 0.15) is 5.82 Å². The molecule has 0 aliphatic heterocycles. The first-order valence-electron chi connectivity index (χ1n) is 7.95. The Morgan fingerprint density at radius 1 is 1.27 bits per heavy atom. The smallest absolute Gasteiger partial charge is 0.237 e. The molecule has 0 aliphatic rings. The van der Waals surface area contributed by atoms with Crippen molar-refractivity contribution in [1.29, 1.82) is 0 Å². The lowest BCUT2D eigenvalue weighted by molar-refractivity contribution is -0.115. The summed E-state index contributed by atoms with van der Waals surface area (Å²) in [5.74, 6) is -0.869. The van der Waals surface area contributed by atoms with E-state index in [1.165, 1.54) is 30.0 Å². The van der Waals surface area contributed by atoms with E-state index >= 15 is 0 Å². The average Bonchev–Trinajstić information content (AvgIpc) is 2.98. The normalized spacial score (nSPS) is 12.0. The molecule has 1 N–H and O–H groups in total. The van der Waals surface area contributed by atoms with Gasteiger partial charge >= 0.3 is 0 Å². The summed E-state index contributed by atoms with van der Waals surface area (Å²) in [6, 6.07) is 14.0. The molecule has 0 unspecified atom stereocenters. The van der Waals surface area contributed by atoms with Crippen LogP contribution in [0, 0.1) is 5.82 Å². The van der Waals surface area contributed by atoms with Gasteiger partial charge in [-0.3, -0.25) is 4.79 Å². The van der Waals surface area contributed by atoms with Gasteiger partial charge in [-0.25, -0.2) is 9.37 Å². The molecule has 0 spiro atoms. The van der Waals surface area contributed by atoms with E-state index in [1.54, 1.807) is 13.1 Å². The quantitative estimate of drug-likeness (QED) is 0.625. The number of aromatic nitrogens is 2. The second-order valence-corrected chi connectivity index (χ2v) is 7.47. The SMILES string of the molecule is C[C@@H](Sc1ncc(-c2ccccc2)n1C)C(=O)Nc1ccc(Cl)cc1F. The molecular formula is C19H17ClFN3OS. The van der Waals surface area contributed by atoms with Crippen LogP contribution in [0.1, 0.15) is 6.92 Å². The summed E-state index contributed by atoms with van der Waals surface area (Å²) in [6.45, 7) is 1.75. The highest BCUT2D eigenvalue weighted by Crippen LogP contribution is 2.28. The Balaban J connectivity index is 1.71. The van der Waals surface area contributed by atoms with Crippen molar-refractivity contribution >= 4 is 35.0 Å². The lowest BCUT2D eigenvalue weighted by Crippen LogP contribution is -2.23. The monoisotopic (exact) mass is 389 g/mol. The summed E-state index contributed by atoms with van der Waals surface area (Å²) in [5.41, 5.74) is 2.12. The molecule has 1 heterocycles. The van der Waals surface area contributed by atoms with Gasteiger partial charge in [0.2, 0.25) is 5.91 Å². The number of carbonyl (C=O) groups excluding carboxylic acids is 1. The number of nitrogens with one attached hydrogen (secondary N) is 1. The molecule has 4 nitrogen and oxygen atoms in total. The van der Waals surface area contributed by atoms with E-state index in [4.69, 9.17) is 11.6 Å². The molecule has 0 saturated carbocycles. The number of hydrogen-bond donors (Lipinski definition) is 1. The Labute approximate surface area is 160 Å². The molecular weight excluding hydrogens is 373 g/mol. The Hall–Kier alpha value is -2.31. The van der Waals surface area contributed by atoms with Gasteiger partial charge in [0.15, 0.2) is 5.16 Å². The van der Waals surface area contributed by atoms with Gasteiger partial charge in [0.25, 0.3) is 0 Å². The molecule has 1 amide bonds. The number of thioether (sulfide) groups is 1. The third kappa shape index (κ3) is 4.08. The van der Waals surface area contributed by atoms with Gasteiger partial charge in [0.05, 0.1) is 22.8 Å². The minimum Gasteiger partial charge on any atom is -0.323 e. The fraction of sp³-hybridized carbons (Fsp3) is 0.158. The van der Waals surface area contributed by atoms with E-state index in [0.29, 0.717) is 5.16 Å². The van der Waals surface area contributed by atoms with Crippen LogP contribution in [-0.2, 0) is 11.8 Å². The second kappa shape index (κ2) is 7.93. The largest absolute Gasteiger partial charge is 0.323 e. The van der Waals surface area contributed by atoms with Gasteiger partial charge in [-0.2, -0.15) is 0 Å². The van der Waals surface area contributed by atoms with Crippen LogP contribution in [0.15, 0.2) is 59.9 Å². The molecule has 1 atom stereocenters. The average molecular weight is 390 g/mol. The zero-order valence-corrected chi connectivity index (χ0v) is 15.8. The zero-order valence-electron chi connectivity index (χ0n) is 14.2. The minimum atomic E-state index is -0.564. The Morgan fingerprint density at radius 2 is 2.00 bits per heavy atom. The maximum Gasteiger partial charge on any atom is 0.237 e. The number of carbonyl (C=O) groups is 1. The van der Waals surface area contributed by atoms with Gasteiger partial charge < -0.3 is 9.88 Å². The second-order valence-electron chi connectivity index (χ2n) is 5.72. The van der Waals surface area contributed by atoms with Crippen LogP contribution in [0.25, 0.3) is 11.3 Å². The lowest BCUT2D eigenvalue weighted by Gasteiger charge is -2.13. The first-order chi connectivity index (χ1) is 12.5. The molecule has 134 valence electrons. The Kier molecular flexibility index (Phi) is 5.64. The number of anilines is 1. The van der Waals surface area contributed by atoms with E-state index < -0.39 is 11.1 Å². The number of nitrogens with zero attached hydrogens (tertiary/aromatic N) is 2. The predicted molar refractivity (Wildman–Crippen MR) is 104 cm³/mol. The summed E-state index contributed by atoms with van der Waals surface area (Å²) < 4.78 is 15.8. The van der Waals surface area contributed by atoms with Crippen LogP contribution in [0.2, 0.25) is 5.02 Å². The number of halogens is 2. The molecule has 0 fully saturated rings. The fourth-order valence-corrected chi connectivity index (χ4v) is 3.43. The van der Waals surface area contributed by atoms with Gasteiger partial charge in [-0.1, -0.05) is 53.7 Å². The summed E-state index contributed by atoms with van der Waals surface area (Å²) >= 11 is 7.04. The van der Waals surface area contributed by atoms with Crippen molar-refractivity contribution in [2.45, 2.75) is 17.3 Å². The van der Waals surface area contributed by atoms with E-state index in [9.17, 15) is 9.18 Å². The zero-order chi connectivity index (χ0) is 18.7. The van der Waals surface area contributed by atoms with Crippen molar-refractivity contribution in [2.24, 2.45) is 7.05 Å². The van der Waals surface area contributed by atoms with Crippen LogP contribution >= 0.6 is 23.4 Å². The van der Waals surface area contributed by atoms with Gasteiger partial charge in [-0.05, 0) is 30.7 Å². The maximum atomic E-state index is 13.8. The van der Waals surface area contributed by atoms with Crippen LogP contribution < -0.4 is 5.32 Å². The molecule has 0 radical (unpaired) electrons. The van der Waals surface area contributed by atoms with E-state index in [2.05, 4.69) is 10.3 Å². The highest BCUT2D eigenvalue weighted by Gasteiger charge is 2.19. The molecule has 26 heavy (non-hydrogen) atoms.